The smallest absolute Gasteiger partial charge is 0.442 e. The predicted molar refractivity (Wildman–Crippen MR) is 89.8 cm³/mol. The second-order valence-corrected chi connectivity index (χ2v) is 5.43. The van der Waals surface area contributed by atoms with E-state index in [0.717, 1.165) is 11.1 Å². The van der Waals surface area contributed by atoms with Gasteiger partial charge in [-0.05, 0) is 25.8 Å². The Bertz CT molecular complexity index is 794. The van der Waals surface area contributed by atoms with Crippen molar-refractivity contribution in [3.8, 4) is 11.4 Å². The molecule has 134 valence electrons. The van der Waals surface area contributed by atoms with Crippen molar-refractivity contribution in [2.45, 2.75) is 33.2 Å². The lowest BCUT2D eigenvalue weighted by molar-refractivity contribution is -0.143. The highest BCUT2D eigenvalue weighted by atomic mass is 16.5. The highest BCUT2D eigenvalue weighted by Gasteiger charge is 2.17. The van der Waals surface area contributed by atoms with Crippen LogP contribution in [0.2, 0.25) is 0 Å². The van der Waals surface area contributed by atoms with Gasteiger partial charge in [0.05, 0.1) is 6.61 Å². The first-order valence-electron chi connectivity index (χ1n) is 8.07. The summed E-state index contributed by atoms with van der Waals surface area (Å²) in [6.07, 6.45) is 0.698. The van der Waals surface area contributed by atoms with Crippen LogP contribution in [0.4, 0.5) is 0 Å². The number of aromatic nitrogens is 2. The molecule has 0 bridgehead atoms. The number of esters is 1. The SMILES string of the molecule is CCOC(=O)CCCNC(=O)Cn1c(-c2ccccc2C)noc1=O. The standard InChI is InChI=1S/C17H21N3O5/c1-3-24-15(22)9-6-10-18-14(21)11-20-16(19-25-17(20)23)13-8-5-4-7-12(13)2/h4-5,7-8H,3,6,9-11H2,1-2H3,(H,18,21). The van der Waals surface area contributed by atoms with Crippen molar-refractivity contribution in [1.29, 1.82) is 0 Å². The summed E-state index contributed by atoms with van der Waals surface area (Å²) in [5, 5.41) is 6.44. The maximum Gasteiger partial charge on any atom is 0.442 e. The van der Waals surface area contributed by atoms with Crippen LogP contribution < -0.4 is 11.1 Å². The largest absolute Gasteiger partial charge is 0.466 e. The van der Waals surface area contributed by atoms with Crippen molar-refractivity contribution < 1.29 is 18.8 Å². The number of carbonyl (C=O) groups is 2. The van der Waals surface area contributed by atoms with E-state index in [1.807, 2.05) is 25.1 Å². The zero-order chi connectivity index (χ0) is 18.2. The van der Waals surface area contributed by atoms with Gasteiger partial charge in [-0.1, -0.05) is 29.4 Å². The average molecular weight is 347 g/mol. The Hall–Kier alpha value is -2.90. The second kappa shape index (κ2) is 8.81. The minimum atomic E-state index is -0.695. The third-order valence-electron chi connectivity index (χ3n) is 3.56. The minimum absolute atomic E-state index is 0.203. The average Bonchev–Trinajstić information content (AvgIpc) is 2.93. The summed E-state index contributed by atoms with van der Waals surface area (Å²) in [7, 11) is 0. The first-order valence-corrected chi connectivity index (χ1v) is 8.07. The van der Waals surface area contributed by atoms with Gasteiger partial charge in [0.1, 0.15) is 6.54 Å². The number of ether oxygens (including phenoxy) is 1. The summed E-state index contributed by atoms with van der Waals surface area (Å²) >= 11 is 0. The summed E-state index contributed by atoms with van der Waals surface area (Å²) in [6, 6.07) is 7.38. The van der Waals surface area contributed by atoms with Gasteiger partial charge in [-0.25, -0.2) is 9.36 Å². The number of nitrogens with zero attached hydrogens (tertiary/aromatic N) is 2. The van der Waals surface area contributed by atoms with Gasteiger partial charge in [-0.15, -0.1) is 0 Å². The Balaban J connectivity index is 1.96. The van der Waals surface area contributed by atoms with Gasteiger partial charge in [0, 0.05) is 18.5 Å². The Morgan fingerprint density at radius 1 is 1.32 bits per heavy atom. The maximum absolute atomic E-state index is 12.0. The molecule has 0 saturated heterocycles. The van der Waals surface area contributed by atoms with Gasteiger partial charge in [0.25, 0.3) is 0 Å². The molecule has 0 radical (unpaired) electrons. The molecule has 2 aromatic rings. The molecule has 0 fully saturated rings. The van der Waals surface area contributed by atoms with E-state index in [-0.39, 0.29) is 24.8 Å². The van der Waals surface area contributed by atoms with E-state index < -0.39 is 5.76 Å². The monoisotopic (exact) mass is 347 g/mol. The van der Waals surface area contributed by atoms with Crippen LogP contribution in [0.3, 0.4) is 0 Å². The fourth-order valence-corrected chi connectivity index (χ4v) is 2.32. The van der Waals surface area contributed by atoms with Crippen LogP contribution in [-0.2, 0) is 20.9 Å². The number of amides is 1. The zero-order valence-corrected chi connectivity index (χ0v) is 14.3. The fraction of sp³-hybridized carbons (Fsp3) is 0.412. The van der Waals surface area contributed by atoms with Crippen LogP contribution in [0.15, 0.2) is 33.6 Å². The van der Waals surface area contributed by atoms with E-state index in [4.69, 9.17) is 9.26 Å². The summed E-state index contributed by atoms with van der Waals surface area (Å²) in [5.41, 5.74) is 1.64. The Labute approximate surface area is 144 Å². The Morgan fingerprint density at radius 3 is 2.80 bits per heavy atom. The van der Waals surface area contributed by atoms with Crippen molar-refractivity contribution in [1.82, 2.24) is 15.0 Å². The molecular weight excluding hydrogens is 326 g/mol. The summed E-state index contributed by atoms with van der Waals surface area (Å²) in [5.74, 6) is -1.04. The normalized spacial score (nSPS) is 10.5. The van der Waals surface area contributed by atoms with E-state index in [9.17, 15) is 14.4 Å². The number of hydrogen-bond donors (Lipinski definition) is 1. The molecule has 0 aliphatic rings. The third-order valence-corrected chi connectivity index (χ3v) is 3.56. The molecule has 1 aromatic carbocycles. The van der Waals surface area contributed by atoms with E-state index >= 15 is 0 Å². The predicted octanol–water partition coefficient (Wildman–Crippen LogP) is 1.27. The van der Waals surface area contributed by atoms with Crippen LogP contribution in [0.1, 0.15) is 25.3 Å². The van der Waals surface area contributed by atoms with Crippen molar-refractivity contribution in [2.75, 3.05) is 13.2 Å². The van der Waals surface area contributed by atoms with Gasteiger partial charge < -0.3 is 10.1 Å². The van der Waals surface area contributed by atoms with E-state index in [1.165, 1.54) is 4.57 Å². The molecule has 0 atom stereocenters. The highest BCUT2D eigenvalue weighted by molar-refractivity contribution is 5.76. The quantitative estimate of drug-likeness (QED) is 0.570. The lowest BCUT2D eigenvalue weighted by atomic mass is 10.1. The van der Waals surface area contributed by atoms with Crippen molar-refractivity contribution in [2.24, 2.45) is 0 Å². The number of benzene rings is 1. The Kier molecular flexibility index (Phi) is 6.50. The number of rotatable bonds is 8. The first-order chi connectivity index (χ1) is 12.0. The maximum atomic E-state index is 12.0. The molecule has 0 aliphatic carbocycles. The fourth-order valence-electron chi connectivity index (χ4n) is 2.32. The summed E-state index contributed by atoms with van der Waals surface area (Å²) < 4.78 is 10.7. The van der Waals surface area contributed by atoms with Crippen molar-refractivity contribution >= 4 is 11.9 Å². The second-order valence-electron chi connectivity index (χ2n) is 5.43. The van der Waals surface area contributed by atoms with Crippen LogP contribution in [-0.4, -0.2) is 34.8 Å². The number of nitrogens with one attached hydrogen (secondary N) is 1. The van der Waals surface area contributed by atoms with Gasteiger partial charge in [0.15, 0.2) is 5.82 Å². The molecular formula is C17H21N3O5. The number of carbonyl (C=O) groups excluding carboxylic acids is 2. The van der Waals surface area contributed by atoms with Crippen molar-refractivity contribution in [3.05, 3.63) is 40.4 Å². The molecule has 8 heteroatoms. The number of hydrogen-bond acceptors (Lipinski definition) is 6. The topological polar surface area (TPSA) is 103 Å². The van der Waals surface area contributed by atoms with Crippen molar-refractivity contribution in [3.63, 3.8) is 0 Å². The van der Waals surface area contributed by atoms with Gasteiger partial charge in [-0.2, -0.15) is 0 Å². The van der Waals surface area contributed by atoms with Crippen LogP contribution in [0, 0.1) is 6.92 Å². The molecule has 2 rings (SSSR count). The molecule has 0 spiro atoms. The van der Waals surface area contributed by atoms with Crippen LogP contribution >= 0.6 is 0 Å². The molecule has 25 heavy (non-hydrogen) atoms. The van der Waals surface area contributed by atoms with E-state index in [1.54, 1.807) is 13.0 Å². The molecule has 0 unspecified atom stereocenters. The first kappa shape index (κ1) is 18.4. The summed E-state index contributed by atoms with van der Waals surface area (Å²) in [4.78, 5) is 35.1. The zero-order valence-electron chi connectivity index (χ0n) is 14.3. The minimum Gasteiger partial charge on any atom is -0.466 e. The molecule has 0 saturated carbocycles. The van der Waals surface area contributed by atoms with Gasteiger partial charge in [-0.3, -0.25) is 14.1 Å². The van der Waals surface area contributed by atoms with Crippen LogP contribution in [0.25, 0.3) is 11.4 Å². The molecule has 1 amide bonds. The van der Waals surface area contributed by atoms with Crippen LogP contribution in [0.5, 0.6) is 0 Å². The lowest BCUT2D eigenvalue weighted by Crippen LogP contribution is -2.32. The third kappa shape index (κ3) is 5.03. The molecule has 1 aromatic heterocycles. The highest BCUT2D eigenvalue weighted by Crippen LogP contribution is 2.19. The number of aryl methyl sites for hydroxylation is 1. The summed E-state index contributed by atoms with van der Waals surface area (Å²) in [6.45, 7) is 4.07. The van der Waals surface area contributed by atoms with E-state index in [2.05, 4.69) is 10.5 Å². The molecule has 0 aliphatic heterocycles. The Morgan fingerprint density at radius 2 is 2.08 bits per heavy atom. The van der Waals surface area contributed by atoms with Gasteiger partial charge >= 0.3 is 11.7 Å². The van der Waals surface area contributed by atoms with Gasteiger partial charge in [0.2, 0.25) is 5.91 Å². The lowest BCUT2D eigenvalue weighted by Gasteiger charge is -2.08. The molecule has 8 nitrogen and oxygen atoms in total. The van der Waals surface area contributed by atoms with E-state index in [0.29, 0.717) is 25.4 Å². The molecule has 1 heterocycles. The molecule has 1 N–H and O–H groups in total.